The average Bonchev–Trinajstić information content (AvgIpc) is 2.60. The zero-order chi connectivity index (χ0) is 20.1. The lowest BCUT2D eigenvalue weighted by Crippen LogP contribution is -2.12. The highest BCUT2D eigenvalue weighted by Crippen LogP contribution is 2.41. The highest BCUT2D eigenvalue weighted by molar-refractivity contribution is 5.77. The smallest absolute Gasteiger partial charge is 0.126 e. The van der Waals surface area contributed by atoms with Crippen molar-refractivity contribution in [3.63, 3.8) is 0 Å². The van der Waals surface area contributed by atoms with E-state index in [0.29, 0.717) is 0 Å². The molecule has 0 fully saturated rings. The summed E-state index contributed by atoms with van der Waals surface area (Å²) in [5.74, 6) is 1.74. The fraction of sp³-hybridized carbons (Fsp3) is 0.500. The lowest BCUT2D eigenvalue weighted by atomic mass is 9.83. The number of hydrogen-bond donors (Lipinski definition) is 0. The Kier molecular flexibility index (Phi) is 7.32. The van der Waals surface area contributed by atoms with Crippen LogP contribution in [0.15, 0.2) is 36.4 Å². The third-order valence-corrected chi connectivity index (χ3v) is 4.42. The molecule has 0 saturated heterocycles. The molecule has 2 aromatic rings. The molecule has 0 saturated carbocycles. The lowest BCUT2D eigenvalue weighted by Gasteiger charge is -2.24. The van der Waals surface area contributed by atoms with Gasteiger partial charge in [-0.25, -0.2) is 0 Å². The molecule has 0 aromatic heterocycles. The van der Waals surface area contributed by atoms with Crippen molar-refractivity contribution < 1.29 is 9.47 Å². The maximum absolute atomic E-state index is 5.64. The summed E-state index contributed by atoms with van der Waals surface area (Å²) in [4.78, 5) is 0. The van der Waals surface area contributed by atoms with E-state index >= 15 is 0 Å². The van der Waals surface area contributed by atoms with Crippen LogP contribution in [0, 0.1) is 0 Å². The van der Waals surface area contributed by atoms with Crippen LogP contribution >= 0.6 is 0 Å². The van der Waals surface area contributed by atoms with Crippen LogP contribution in [0.2, 0.25) is 0 Å². The number of methoxy groups -OCH3 is 2. The molecular formula is C24H36O2. The molecule has 2 nitrogen and oxygen atoms in total. The minimum absolute atomic E-state index is 0.0793. The molecule has 0 heterocycles. The highest BCUT2D eigenvalue weighted by Gasteiger charge is 2.21. The van der Waals surface area contributed by atoms with Crippen LogP contribution in [0.1, 0.15) is 66.5 Å². The van der Waals surface area contributed by atoms with E-state index in [2.05, 4.69) is 77.9 Å². The largest absolute Gasteiger partial charge is 0.496 e. The van der Waals surface area contributed by atoms with Gasteiger partial charge < -0.3 is 9.47 Å². The summed E-state index contributed by atoms with van der Waals surface area (Å²) >= 11 is 0. The van der Waals surface area contributed by atoms with Gasteiger partial charge in [0.15, 0.2) is 0 Å². The monoisotopic (exact) mass is 356 g/mol. The maximum atomic E-state index is 5.64. The van der Waals surface area contributed by atoms with Crippen LogP contribution < -0.4 is 9.47 Å². The Morgan fingerprint density at radius 2 is 0.885 bits per heavy atom. The molecule has 0 aliphatic heterocycles. The number of ether oxygens (including phenoxy) is 2. The normalized spacial score (nSPS) is 11.5. The minimum atomic E-state index is 0.0793. The van der Waals surface area contributed by atoms with Gasteiger partial charge in [-0.05, 0) is 46.2 Å². The van der Waals surface area contributed by atoms with Crippen LogP contribution in [-0.2, 0) is 10.8 Å². The molecule has 2 heteroatoms. The molecule has 0 amide bonds. The summed E-state index contributed by atoms with van der Waals surface area (Å²) < 4.78 is 11.3. The summed E-state index contributed by atoms with van der Waals surface area (Å²) in [5, 5.41) is 0. The zero-order valence-corrected chi connectivity index (χ0v) is 18.3. The van der Waals surface area contributed by atoms with Crippen molar-refractivity contribution in [2.75, 3.05) is 14.2 Å². The highest BCUT2D eigenvalue weighted by atomic mass is 16.5. The van der Waals surface area contributed by atoms with E-state index in [1.54, 1.807) is 14.2 Å². The molecule has 2 aromatic carbocycles. The molecule has 0 radical (unpaired) electrons. The molecule has 0 bridgehead atoms. The van der Waals surface area contributed by atoms with Crippen molar-refractivity contribution in [3.05, 3.63) is 47.5 Å². The van der Waals surface area contributed by atoms with Crippen molar-refractivity contribution in [3.8, 4) is 22.6 Å². The second-order valence-corrected chi connectivity index (χ2v) is 8.33. The summed E-state index contributed by atoms with van der Waals surface area (Å²) in [6.45, 7) is 17.3. The maximum Gasteiger partial charge on any atom is 0.126 e. The SMILES string of the molecule is CC.COc1ccc(C(C)(C)C)cc1-c1cc(C(C)(C)C)ccc1OC. The van der Waals surface area contributed by atoms with E-state index in [1.807, 2.05) is 13.8 Å². The lowest BCUT2D eigenvalue weighted by molar-refractivity contribution is 0.409. The first kappa shape index (κ1) is 22.1. The predicted octanol–water partition coefficient (Wildman–Crippen LogP) is 6.99. The van der Waals surface area contributed by atoms with Gasteiger partial charge in [0.2, 0.25) is 0 Å². The third-order valence-electron chi connectivity index (χ3n) is 4.42. The molecule has 26 heavy (non-hydrogen) atoms. The van der Waals surface area contributed by atoms with Crippen LogP contribution in [0.25, 0.3) is 11.1 Å². The Balaban J connectivity index is 0.00000163. The second-order valence-electron chi connectivity index (χ2n) is 8.33. The minimum Gasteiger partial charge on any atom is -0.496 e. The fourth-order valence-electron chi connectivity index (χ4n) is 2.77. The van der Waals surface area contributed by atoms with Crippen LogP contribution in [0.4, 0.5) is 0 Å². The number of hydrogen-bond acceptors (Lipinski definition) is 2. The number of rotatable bonds is 3. The zero-order valence-electron chi connectivity index (χ0n) is 18.3. The van der Waals surface area contributed by atoms with Gasteiger partial charge >= 0.3 is 0 Å². The quantitative estimate of drug-likeness (QED) is 0.590. The van der Waals surface area contributed by atoms with Gasteiger partial charge in [-0.1, -0.05) is 67.5 Å². The molecule has 0 atom stereocenters. The topological polar surface area (TPSA) is 18.5 Å². The second kappa shape index (κ2) is 8.62. The Morgan fingerprint density at radius 1 is 0.577 bits per heavy atom. The summed E-state index contributed by atoms with van der Waals surface area (Å²) in [6, 6.07) is 12.8. The molecule has 144 valence electrons. The molecular weight excluding hydrogens is 320 g/mol. The summed E-state index contributed by atoms with van der Waals surface area (Å²) in [7, 11) is 3.44. The first-order valence-corrected chi connectivity index (χ1v) is 9.45. The van der Waals surface area contributed by atoms with Gasteiger partial charge in [0.1, 0.15) is 11.5 Å². The van der Waals surface area contributed by atoms with Gasteiger partial charge in [0.05, 0.1) is 14.2 Å². The van der Waals surface area contributed by atoms with Crippen molar-refractivity contribution in [1.82, 2.24) is 0 Å². The van der Waals surface area contributed by atoms with Crippen LogP contribution in [0.5, 0.6) is 11.5 Å². The Morgan fingerprint density at radius 3 is 1.12 bits per heavy atom. The molecule has 0 aliphatic carbocycles. The molecule has 0 unspecified atom stereocenters. The van der Waals surface area contributed by atoms with Crippen LogP contribution in [-0.4, -0.2) is 14.2 Å². The van der Waals surface area contributed by atoms with Crippen molar-refractivity contribution in [1.29, 1.82) is 0 Å². The predicted molar refractivity (Wildman–Crippen MR) is 114 cm³/mol. The third kappa shape index (κ3) is 5.03. The first-order valence-electron chi connectivity index (χ1n) is 9.45. The first-order chi connectivity index (χ1) is 12.1. The van der Waals surface area contributed by atoms with E-state index in [0.717, 1.165) is 22.6 Å². The fourth-order valence-corrected chi connectivity index (χ4v) is 2.77. The number of benzene rings is 2. The molecule has 2 rings (SSSR count). The average molecular weight is 357 g/mol. The Bertz CT molecular complexity index is 652. The van der Waals surface area contributed by atoms with Gasteiger partial charge in [-0.3, -0.25) is 0 Å². The van der Waals surface area contributed by atoms with E-state index in [-0.39, 0.29) is 10.8 Å². The van der Waals surface area contributed by atoms with Crippen molar-refractivity contribution in [2.24, 2.45) is 0 Å². The van der Waals surface area contributed by atoms with E-state index in [4.69, 9.17) is 9.47 Å². The van der Waals surface area contributed by atoms with Gasteiger partial charge in [-0.2, -0.15) is 0 Å². The van der Waals surface area contributed by atoms with Crippen molar-refractivity contribution in [2.45, 2.75) is 66.2 Å². The Labute approximate surface area is 160 Å². The van der Waals surface area contributed by atoms with Gasteiger partial charge in [0, 0.05) is 11.1 Å². The van der Waals surface area contributed by atoms with Crippen molar-refractivity contribution >= 4 is 0 Å². The van der Waals surface area contributed by atoms with E-state index in [1.165, 1.54) is 11.1 Å². The van der Waals surface area contributed by atoms with Gasteiger partial charge in [-0.15, -0.1) is 0 Å². The summed E-state index contributed by atoms with van der Waals surface area (Å²) in [6.07, 6.45) is 0. The van der Waals surface area contributed by atoms with Crippen LogP contribution in [0.3, 0.4) is 0 Å². The van der Waals surface area contributed by atoms with E-state index in [9.17, 15) is 0 Å². The summed E-state index contributed by atoms with van der Waals surface area (Å²) in [5.41, 5.74) is 4.87. The standard InChI is InChI=1S/C22H30O2.C2H6/c1-21(2,3)15-9-11-19(23-7)17(13-15)18-14-16(22(4,5)6)10-12-20(18)24-8;1-2/h9-14H,1-8H3;1-2H3. The molecule has 0 N–H and O–H groups in total. The van der Waals surface area contributed by atoms with E-state index < -0.39 is 0 Å². The Hall–Kier alpha value is -1.96. The molecule has 0 spiro atoms. The van der Waals surface area contributed by atoms with Gasteiger partial charge in [0.25, 0.3) is 0 Å². The molecule has 0 aliphatic rings.